The highest BCUT2D eigenvalue weighted by Crippen LogP contribution is 2.17. The fourth-order valence-electron chi connectivity index (χ4n) is 1.64. The number of anilines is 1. The fourth-order valence-corrected chi connectivity index (χ4v) is 2.70. The van der Waals surface area contributed by atoms with E-state index in [1.54, 1.807) is 24.9 Å². The lowest BCUT2D eigenvalue weighted by Crippen LogP contribution is -2.13. The number of nitrogens with zero attached hydrogens (tertiary/aromatic N) is 4. The summed E-state index contributed by atoms with van der Waals surface area (Å²) < 4.78 is 29.8. The van der Waals surface area contributed by atoms with Crippen LogP contribution >= 0.6 is 0 Å². The third kappa shape index (κ3) is 2.93. The van der Waals surface area contributed by atoms with Crippen molar-refractivity contribution in [2.75, 3.05) is 11.3 Å². The van der Waals surface area contributed by atoms with Gasteiger partial charge in [0, 0.05) is 26.0 Å². The zero-order valence-corrected chi connectivity index (χ0v) is 11.6. The maximum Gasteiger partial charge on any atom is 0.265 e. The molecule has 9 heteroatoms. The molecule has 0 bridgehead atoms. The van der Waals surface area contributed by atoms with Crippen molar-refractivity contribution < 1.29 is 8.42 Å². The van der Waals surface area contributed by atoms with E-state index in [0.29, 0.717) is 24.5 Å². The van der Waals surface area contributed by atoms with Crippen molar-refractivity contribution in [3.8, 4) is 0 Å². The fraction of sp³-hybridized carbons (Fsp3) is 0.400. The molecule has 0 saturated carbocycles. The summed E-state index contributed by atoms with van der Waals surface area (Å²) in [7, 11) is -1.92. The van der Waals surface area contributed by atoms with Crippen LogP contribution in [0.2, 0.25) is 0 Å². The number of sulfonamides is 1. The number of nitrogens with two attached hydrogens (primary N) is 1. The topological polar surface area (TPSA) is 108 Å². The Hall–Kier alpha value is -1.87. The highest BCUT2D eigenvalue weighted by Gasteiger charge is 2.18. The van der Waals surface area contributed by atoms with E-state index in [9.17, 15) is 8.42 Å². The van der Waals surface area contributed by atoms with Gasteiger partial charge in [0.1, 0.15) is 4.90 Å². The van der Waals surface area contributed by atoms with Gasteiger partial charge in [-0.3, -0.25) is 14.1 Å². The van der Waals surface area contributed by atoms with E-state index >= 15 is 0 Å². The van der Waals surface area contributed by atoms with Crippen LogP contribution in [0.4, 0.5) is 5.69 Å². The molecule has 2 rings (SSSR count). The minimum absolute atomic E-state index is 0.101. The third-order valence-corrected chi connectivity index (χ3v) is 3.86. The van der Waals surface area contributed by atoms with Gasteiger partial charge >= 0.3 is 0 Å². The second kappa shape index (κ2) is 5.02. The van der Waals surface area contributed by atoms with E-state index in [0.717, 1.165) is 0 Å². The summed E-state index contributed by atoms with van der Waals surface area (Å²) in [5.41, 5.74) is 6.45. The first-order valence-electron chi connectivity index (χ1n) is 5.68. The molecule has 104 valence electrons. The van der Waals surface area contributed by atoms with Gasteiger partial charge in [-0.1, -0.05) is 0 Å². The highest BCUT2D eigenvalue weighted by atomic mass is 32.2. The third-order valence-electron chi connectivity index (χ3n) is 2.54. The molecule has 0 aliphatic carbocycles. The van der Waals surface area contributed by atoms with Gasteiger partial charge in [-0.05, 0) is 6.92 Å². The van der Waals surface area contributed by atoms with Gasteiger partial charge in [-0.15, -0.1) is 0 Å². The summed E-state index contributed by atoms with van der Waals surface area (Å²) in [4.78, 5) is 0.101. The van der Waals surface area contributed by atoms with E-state index in [4.69, 9.17) is 5.73 Å². The maximum atomic E-state index is 12.1. The number of aromatic nitrogens is 4. The van der Waals surface area contributed by atoms with Gasteiger partial charge < -0.3 is 5.73 Å². The van der Waals surface area contributed by atoms with Gasteiger partial charge in [-0.25, -0.2) is 8.42 Å². The van der Waals surface area contributed by atoms with Crippen LogP contribution in [-0.4, -0.2) is 34.5 Å². The smallest absolute Gasteiger partial charge is 0.265 e. The van der Waals surface area contributed by atoms with Crippen LogP contribution < -0.4 is 10.5 Å². The van der Waals surface area contributed by atoms with Crippen molar-refractivity contribution in [2.24, 2.45) is 12.8 Å². The van der Waals surface area contributed by atoms with Crippen LogP contribution in [-0.2, 0) is 23.6 Å². The van der Waals surface area contributed by atoms with Crippen LogP contribution in [0.1, 0.15) is 5.69 Å². The molecule has 0 aromatic carbocycles. The van der Waals surface area contributed by atoms with Crippen molar-refractivity contribution in [3.05, 3.63) is 24.3 Å². The maximum absolute atomic E-state index is 12.1. The largest absolute Gasteiger partial charge is 0.329 e. The Balaban J connectivity index is 2.24. The summed E-state index contributed by atoms with van der Waals surface area (Å²) in [5, 5.41) is 8.01. The molecule has 8 nitrogen and oxygen atoms in total. The molecule has 0 fully saturated rings. The Kier molecular flexibility index (Phi) is 3.58. The molecule has 2 aromatic heterocycles. The predicted molar refractivity (Wildman–Crippen MR) is 70.0 cm³/mol. The highest BCUT2D eigenvalue weighted by molar-refractivity contribution is 7.92. The zero-order chi connectivity index (χ0) is 14.0. The van der Waals surface area contributed by atoms with Gasteiger partial charge in [0.15, 0.2) is 0 Å². The molecule has 0 saturated heterocycles. The molecule has 0 atom stereocenters. The van der Waals surface area contributed by atoms with Crippen LogP contribution in [0.25, 0.3) is 0 Å². The molecule has 0 unspecified atom stereocenters. The Labute approximate surface area is 111 Å². The minimum Gasteiger partial charge on any atom is -0.329 e. The SMILES string of the molecule is Cc1nn(C)cc1NS(=O)(=O)c1cnn(CCN)c1. The number of hydrogen-bond acceptors (Lipinski definition) is 5. The Morgan fingerprint density at radius 2 is 2.16 bits per heavy atom. The Bertz CT molecular complexity index is 672. The van der Waals surface area contributed by atoms with Crippen molar-refractivity contribution in [3.63, 3.8) is 0 Å². The number of aryl methyl sites for hydroxylation is 2. The van der Waals surface area contributed by atoms with Crippen LogP contribution in [0.5, 0.6) is 0 Å². The van der Waals surface area contributed by atoms with Gasteiger partial charge in [0.2, 0.25) is 0 Å². The van der Waals surface area contributed by atoms with Crippen molar-refractivity contribution in [2.45, 2.75) is 18.4 Å². The van der Waals surface area contributed by atoms with E-state index < -0.39 is 10.0 Å². The number of nitrogens with one attached hydrogen (secondary N) is 1. The average Bonchev–Trinajstić information content (AvgIpc) is 2.87. The lowest BCUT2D eigenvalue weighted by Gasteiger charge is -2.03. The first-order chi connectivity index (χ1) is 8.92. The number of hydrogen-bond donors (Lipinski definition) is 2. The molecule has 2 heterocycles. The molecule has 0 spiro atoms. The van der Waals surface area contributed by atoms with Crippen molar-refractivity contribution in [1.82, 2.24) is 19.6 Å². The normalized spacial score (nSPS) is 11.7. The molecule has 19 heavy (non-hydrogen) atoms. The molecular formula is C10H16N6O2S. The second-order valence-corrected chi connectivity index (χ2v) is 5.82. The lowest BCUT2D eigenvalue weighted by molar-refractivity contribution is 0.599. The molecule has 0 aliphatic heterocycles. The molecule has 2 aromatic rings. The molecule has 3 N–H and O–H groups in total. The summed E-state index contributed by atoms with van der Waals surface area (Å²) in [5.74, 6) is 0. The van der Waals surface area contributed by atoms with Crippen LogP contribution in [0.3, 0.4) is 0 Å². The standard InChI is InChI=1S/C10H16N6O2S/c1-8-10(7-15(2)13-8)14-19(17,18)9-5-12-16(6-9)4-3-11/h5-7,14H,3-4,11H2,1-2H3. The first kappa shape index (κ1) is 13.6. The second-order valence-electron chi connectivity index (χ2n) is 4.14. The van der Waals surface area contributed by atoms with Gasteiger partial charge in [0.25, 0.3) is 10.0 Å². The Morgan fingerprint density at radius 3 is 2.74 bits per heavy atom. The molecule has 0 aliphatic rings. The van der Waals surface area contributed by atoms with E-state index in [1.165, 1.54) is 17.1 Å². The molecule has 0 radical (unpaired) electrons. The quantitative estimate of drug-likeness (QED) is 0.782. The van der Waals surface area contributed by atoms with E-state index in [2.05, 4.69) is 14.9 Å². The molecule has 0 amide bonds. The van der Waals surface area contributed by atoms with Crippen molar-refractivity contribution >= 4 is 15.7 Å². The lowest BCUT2D eigenvalue weighted by atomic mass is 10.4. The van der Waals surface area contributed by atoms with Crippen LogP contribution in [0.15, 0.2) is 23.5 Å². The predicted octanol–water partition coefficient (Wildman–Crippen LogP) is -0.315. The van der Waals surface area contributed by atoms with E-state index in [1.807, 2.05) is 0 Å². The monoisotopic (exact) mass is 284 g/mol. The van der Waals surface area contributed by atoms with E-state index in [-0.39, 0.29) is 4.90 Å². The summed E-state index contributed by atoms with van der Waals surface area (Å²) in [6.07, 6.45) is 4.35. The average molecular weight is 284 g/mol. The summed E-state index contributed by atoms with van der Waals surface area (Å²) in [6, 6.07) is 0. The molecular weight excluding hydrogens is 268 g/mol. The van der Waals surface area contributed by atoms with Crippen molar-refractivity contribution in [1.29, 1.82) is 0 Å². The van der Waals surface area contributed by atoms with Gasteiger partial charge in [0.05, 0.1) is 24.1 Å². The van der Waals surface area contributed by atoms with Gasteiger partial charge in [-0.2, -0.15) is 10.2 Å². The summed E-state index contributed by atoms with van der Waals surface area (Å²) in [6.45, 7) is 2.60. The zero-order valence-electron chi connectivity index (χ0n) is 10.7. The minimum atomic E-state index is -3.65. The summed E-state index contributed by atoms with van der Waals surface area (Å²) >= 11 is 0. The number of rotatable bonds is 5. The van der Waals surface area contributed by atoms with Crippen LogP contribution in [0, 0.1) is 6.92 Å². The Morgan fingerprint density at radius 1 is 1.42 bits per heavy atom. The first-order valence-corrected chi connectivity index (χ1v) is 7.16.